The van der Waals surface area contributed by atoms with Crippen LogP contribution in [0.3, 0.4) is 0 Å². The van der Waals surface area contributed by atoms with E-state index in [4.69, 9.17) is 0 Å². The quantitative estimate of drug-likeness (QED) is 0.116. The predicted molar refractivity (Wildman–Crippen MR) is 538 cm³/mol. The van der Waals surface area contributed by atoms with Gasteiger partial charge in [-0.1, -0.05) is 368 Å². The summed E-state index contributed by atoms with van der Waals surface area (Å²) >= 11 is 3.47. The third kappa shape index (κ3) is 14.5. The van der Waals surface area contributed by atoms with Gasteiger partial charge in [-0.15, -0.1) is 0 Å². The van der Waals surface area contributed by atoms with Gasteiger partial charge < -0.3 is 19.4 Å². The predicted octanol–water partition coefficient (Wildman–Crippen LogP) is 34.2. The lowest BCUT2D eigenvalue weighted by molar-refractivity contribution is 1.18. The SMILES string of the molecule is Brc1ccc(-c2cccc3ccccc23)cc1.c1cc(-c2ccc(N(c3ccc(-c4cccc5ccccc45)cc3)c3ccc(-c4cc5ccccc5c5ccccc45)cc3)cc2)cc(-n2c3ccccc3c3ccccc32)c1.c1cc(-c2ccc(Nc3ccc(-c4cc5ccccc5c5ccccc45)cc3)cc2)cc(-n2c3ccccc3c3ccccc32)c1. The summed E-state index contributed by atoms with van der Waals surface area (Å²) in [7, 11) is 0. The Morgan fingerprint density at radius 3 is 0.832 bits per heavy atom. The van der Waals surface area contributed by atoms with E-state index in [1.807, 2.05) is 0 Å². The van der Waals surface area contributed by atoms with Crippen molar-refractivity contribution in [1.29, 1.82) is 0 Å². The van der Waals surface area contributed by atoms with E-state index in [9.17, 15) is 0 Å². The highest BCUT2D eigenvalue weighted by atomic mass is 79.9. The second kappa shape index (κ2) is 32.9. The van der Waals surface area contributed by atoms with Crippen molar-refractivity contribution >= 4 is 153 Å². The average Bonchev–Trinajstić information content (AvgIpc) is 1.67. The Morgan fingerprint density at radius 1 is 0.176 bits per heavy atom. The molecular weight excluding hydrogens is 1580 g/mol. The maximum absolute atomic E-state index is 3.60. The Bertz CT molecular complexity index is 8050. The molecule has 0 atom stereocenters. The van der Waals surface area contributed by atoms with Crippen LogP contribution in [0.15, 0.2) is 490 Å². The molecule has 0 spiro atoms. The minimum absolute atomic E-state index is 1.06. The highest BCUT2D eigenvalue weighted by molar-refractivity contribution is 9.10. The van der Waals surface area contributed by atoms with Gasteiger partial charge >= 0.3 is 0 Å². The number of benzene rings is 22. The molecule has 0 saturated carbocycles. The number of anilines is 5. The molecule has 0 aliphatic heterocycles. The summed E-state index contributed by atoms with van der Waals surface area (Å²) in [5, 5.41) is 24.0. The zero-order valence-electron chi connectivity index (χ0n) is 68.4. The first-order valence-electron chi connectivity index (χ1n) is 42.7. The molecule has 1 N–H and O–H groups in total. The molecule has 125 heavy (non-hydrogen) atoms. The summed E-state index contributed by atoms with van der Waals surface area (Å²) in [6, 6.07) is 175. The van der Waals surface area contributed by atoms with Gasteiger partial charge in [-0.3, -0.25) is 0 Å². The van der Waals surface area contributed by atoms with Gasteiger partial charge in [0, 0.05) is 65.8 Å². The third-order valence-corrected chi connectivity index (χ3v) is 25.2. The number of hydrogen-bond donors (Lipinski definition) is 1. The van der Waals surface area contributed by atoms with Crippen LogP contribution in [0.4, 0.5) is 28.4 Å². The number of fused-ring (bicyclic) bond motifs is 14. The van der Waals surface area contributed by atoms with Gasteiger partial charge in [0.15, 0.2) is 0 Å². The molecule has 2 heterocycles. The van der Waals surface area contributed by atoms with Gasteiger partial charge in [-0.25, -0.2) is 0 Å². The smallest absolute Gasteiger partial charge is 0.0541 e. The van der Waals surface area contributed by atoms with Gasteiger partial charge in [-0.05, 0) is 265 Å². The molecule has 0 radical (unpaired) electrons. The molecular formula is C120H81BrN4. The molecule has 24 rings (SSSR count). The van der Waals surface area contributed by atoms with E-state index in [0.717, 1.165) is 44.3 Å². The first kappa shape index (κ1) is 75.3. The summed E-state index contributed by atoms with van der Waals surface area (Å²) in [5.41, 5.74) is 27.2. The molecule has 588 valence electrons. The normalized spacial score (nSPS) is 11.4. The lowest BCUT2D eigenvalue weighted by Crippen LogP contribution is -2.09. The van der Waals surface area contributed by atoms with Gasteiger partial charge in [-0.2, -0.15) is 0 Å². The summed E-state index contributed by atoms with van der Waals surface area (Å²) in [6.45, 7) is 0. The zero-order chi connectivity index (χ0) is 83.1. The maximum atomic E-state index is 3.60. The molecule has 4 nitrogen and oxygen atoms in total. The van der Waals surface area contributed by atoms with Crippen molar-refractivity contribution < 1.29 is 0 Å². The van der Waals surface area contributed by atoms with Gasteiger partial charge in [0.1, 0.15) is 0 Å². The molecule has 0 unspecified atom stereocenters. The van der Waals surface area contributed by atoms with Crippen LogP contribution in [0, 0.1) is 0 Å². The Morgan fingerprint density at radius 2 is 0.448 bits per heavy atom. The van der Waals surface area contributed by atoms with Crippen molar-refractivity contribution in [3.8, 4) is 78.1 Å². The number of nitrogens with zero attached hydrogens (tertiary/aromatic N) is 3. The van der Waals surface area contributed by atoms with Gasteiger partial charge in [0.25, 0.3) is 0 Å². The van der Waals surface area contributed by atoms with Crippen LogP contribution < -0.4 is 10.2 Å². The summed E-state index contributed by atoms with van der Waals surface area (Å²) in [6.07, 6.45) is 0. The van der Waals surface area contributed by atoms with E-state index >= 15 is 0 Å². The number of para-hydroxylation sites is 4. The first-order chi connectivity index (χ1) is 61.9. The number of hydrogen-bond acceptors (Lipinski definition) is 2. The second-order valence-corrected chi connectivity index (χ2v) is 33.0. The van der Waals surface area contributed by atoms with Crippen molar-refractivity contribution in [1.82, 2.24) is 9.13 Å². The number of rotatable bonds is 13. The van der Waals surface area contributed by atoms with Crippen LogP contribution >= 0.6 is 15.9 Å². The summed E-state index contributed by atoms with van der Waals surface area (Å²) in [4.78, 5) is 2.37. The Labute approximate surface area is 734 Å². The Kier molecular flexibility index (Phi) is 19.8. The fourth-order valence-electron chi connectivity index (χ4n) is 18.7. The monoisotopic (exact) mass is 1660 g/mol. The lowest BCUT2D eigenvalue weighted by atomic mass is 9.93. The van der Waals surface area contributed by atoms with E-state index in [2.05, 4.69) is 521 Å². The number of aromatic nitrogens is 2. The van der Waals surface area contributed by atoms with E-state index < -0.39 is 0 Å². The van der Waals surface area contributed by atoms with Gasteiger partial charge in [0.05, 0.1) is 22.1 Å². The largest absolute Gasteiger partial charge is 0.356 e. The molecule has 24 aromatic rings. The molecule has 22 aromatic carbocycles. The minimum atomic E-state index is 1.06. The van der Waals surface area contributed by atoms with Crippen molar-refractivity contribution in [2.24, 2.45) is 0 Å². The third-order valence-electron chi connectivity index (χ3n) is 24.7. The second-order valence-electron chi connectivity index (χ2n) is 32.0. The van der Waals surface area contributed by atoms with Crippen LogP contribution in [0.1, 0.15) is 0 Å². The molecule has 0 saturated heterocycles. The fourth-order valence-corrected chi connectivity index (χ4v) is 19.0. The molecule has 2 aromatic heterocycles. The fraction of sp³-hybridized carbons (Fsp3) is 0. The average molecular weight is 1660 g/mol. The van der Waals surface area contributed by atoms with Crippen LogP contribution in [0.2, 0.25) is 0 Å². The van der Waals surface area contributed by atoms with E-state index in [1.165, 1.54) is 175 Å². The molecule has 5 heteroatoms. The van der Waals surface area contributed by atoms with E-state index in [0.29, 0.717) is 0 Å². The molecule has 0 aliphatic rings. The van der Waals surface area contributed by atoms with Crippen LogP contribution in [-0.2, 0) is 0 Å². The lowest BCUT2D eigenvalue weighted by Gasteiger charge is -2.26. The number of halogens is 1. The van der Waals surface area contributed by atoms with Gasteiger partial charge in [0.2, 0.25) is 0 Å². The van der Waals surface area contributed by atoms with Crippen LogP contribution in [0.25, 0.3) is 186 Å². The molecule has 0 aliphatic carbocycles. The van der Waals surface area contributed by atoms with Crippen molar-refractivity contribution in [3.63, 3.8) is 0 Å². The first-order valence-corrected chi connectivity index (χ1v) is 43.5. The zero-order valence-corrected chi connectivity index (χ0v) is 70.0. The maximum Gasteiger partial charge on any atom is 0.0541 e. The highest BCUT2D eigenvalue weighted by Gasteiger charge is 2.20. The van der Waals surface area contributed by atoms with E-state index in [-0.39, 0.29) is 0 Å². The molecule has 0 fully saturated rings. The van der Waals surface area contributed by atoms with Crippen molar-refractivity contribution in [2.45, 2.75) is 0 Å². The number of nitrogens with one attached hydrogen (secondary N) is 1. The Hall–Kier alpha value is -15.9. The summed E-state index contributed by atoms with van der Waals surface area (Å²) in [5.74, 6) is 0. The Balaban J connectivity index is 0.000000128. The van der Waals surface area contributed by atoms with Crippen LogP contribution in [-0.4, -0.2) is 9.13 Å². The topological polar surface area (TPSA) is 25.1 Å². The highest BCUT2D eigenvalue weighted by Crippen LogP contribution is 2.44. The van der Waals surface area contributed by atoms with E-state index in [1.54, 1.807) is 0 Å². The van der Waals surface area contributed by atoms with Crippen molar-refractivity contribution in [2.75, 3.05) is 10.2 Å². The molecule has 0 bridgehead atoms. The minimum Gasteiger partial charge on any atom is -0.356 e. The van der Waals surface area contributed by atoms with Crippen LogP contribution in [0.5, 0.6) is 0 Å². The standard InChI is InChI=1S/C60H40N2.C44H30N2.C16H11Br/c1-3-18-51-42(13-1)15-12-24-52(51)43-29-35-48(36-30-43)61(49-37-31-44(32-38-49)58-40-46-14-2-4-19-53(46)54-20-5-6-21-55(54)58)47-33-27-41(28-34-47)45-16-11-17-50(39-45)62-59-25-9-7-22-56(59)57-23-8-10-26-60(57)62;1-2-13-37-33(10-1)29-42(39-15-4-3-14-38(37)39)31-22-26-35(27-23-31)45-34-24-20-30(21-25-34)32-11-9-12-36(28-32)46-43-18-7-5-16-40(43)41-17-6-8-19-44(41)46;17-14-10-8-13(9-11-14)16-7-3-5-12-4-1-2-6-15(12)16/h1-40H;1-29,45H;1-11H. The summed E-state index contributed by atoms with van der Waals surface area (Å²) < 4.78 is 5.87. The molecule has 0 amide bonds. The van der Waals surface area contributed by atoms with Crippen molar-refractivity contribution in [3.05, 3.63) is 490 Å².